The first-order valence-corrected chi connectivity index (χ1v) is 13.6. The van der Waals surface area contributed by atoms with E-state index in [0.717, 1.165) is 30.6 Å². The molecule has 2 aliphatic rings. The van der Waals surface area contributed by atoms with Crippen molar-refractivity contribution in [3.8, 4) is 5.75 Å². The molecule has 0 aliphatic carbocycles. The number of carbonyl (C=O) groups is 3. The van der Waals surface area contributed by atoms with Crippen LogP contribution in [0, 0.1) is 5.92 Å². The van der Waals surface area contributed by atoms with Crippen LogP contribution >= 0.6 is 12.2 Å². The Morgan fingerprint density at radius 3 is 2.46 bits per heavy atom. The summed E-state index contributed by atoms with van der Waals surface area (Å²) in [6.45, 7) is 4.75. The molecule has 1 aromatic carbocycles. The lowest BCUT2D eigenvalue weighted by atomic mass is 9.93. The van der Waals surface area contributed by atoms with E-state index in [-0.39, 0.29) is 29.7 Å². The van der Waals surface area contributed by atoms with Crippen LogP contribution in [-0.4, -0.2) is 79.4 Å². The van der Waals surface area contributed by atoms with Crippen LogP contribution in [0.25, 0.3) is 0 Å². The number of ether oxygens (including phenoxy) is 1. The molecule has 4 unspecified atom stereocenters. The molecule has 2 aliphatic heterocycles. The van der Waals surface area contributed by atoms with Gasteiger partial charge in [-0.1, -0.05) is 31.3 Å². The normalized spacial score (nSPS) is 23.6. The summed E-state index contributed by atoms with van der Waals surface area (Å²) in [7, 11) is 3.47. The number of amides is 3. The Kier molecular flexibility index (Phi) is 13.0. The zero-order chi connectivity index (χ0) is 27.4. The van der Waals surface area contributed by atoms with Gasteiger partial charge in [-0.05, 0) is 75.6 Å². The zero-order valence-corrected chi connectivity index (χ0v) is 23.3. The van der Waals surface area contributed by atoms with E-state index in [4.69, 9.17) is 10.5 Å². The third kappa shape index (κ3) is 8.48. The van der Waals surface area contributed by atoms with E-state index in [1.165, 1.54) is 0 Å². The van der Waals surface area contributed by atoms with Gasteiger partial charge in [-0.25, -0.2) is 0 Å². The fourth-order valence-electron chi connectivity index (χ4n) is 5.04. The van der Waals surface area contributed by atoms with E-state index in [1.54, 1.807) is 17.4 Å². The van der Waals surface area contributed by atoms with Gasteiger partial charge < -0.3 is 31.3 Å². The predicted molar refractivity (Wildman–Crippen MR) is 150 cm³/mol. The van der Waals surface area contributed by atoms with Crippen LogP contribution in [-0.2, 0) is 20.8 Å². The number of nitrogens with two attached hydrogens (primary N) is 1. The Balaban J connectivity index is 0.00000153. The largest absolute Gasteiger partial charge is 0.497 e. The van der Waals surface area contributed by atoms with E-state index >= 15 is 0 Å². The maximum Gasteiger partial charge on any atom is 0.246 e. The summed E-state index contributed by atoms with van der Waals surface area (Å²) in [5.74, 6) is 0.122. The highest BCUT2D eigenvalue weighted by Crippen LogP contribution is 2.34. The SMILES string of the molecule is CC=S.CC[C@H](N)C(=O)NC1C(=O)N2C(CCC1CNC)CCC2C(=O)NCCc1ccc(OC)cc1. The van der Waals surface area contributed by atoms with Crippen LogP contribution in [0.2, 0.25) is 0 Å². The van der Waals surface area contributed by atoms with Gasteiger partial charge in [0.15, 0.2) is 0 Å². The molecule has 3 rings (SSSR count). The summed E-state index contributed by atoms with van der Waals surface area (Å²) in [6.07, 6.45) is 4.23. The van der Waals surface area contributed by atoms with Crippen LogP contribution < -0.4 is 26.4 Å². The number of nitrogens with one attached hydrogen (secondary N) is 3. The first-order valence-electron chi connectivity index (χ1n) is 13.1. The van der Waals surface area contributed by atoms with Crippen LogP contribution in [0.4, 0.5) is 0 Å². The number of hydrogen-bond acceptors (Lipinski definition) is 7. The third-order valence-corrected chi connectivity index (χ3v) is 7.08. The molecule has 5 N–H and O–H groups in total. The molecule has 0 spiro atoms. The smallest absolute Gasteiger partial charge is 0.246 e. The van der Waals surface area contributed by atoms with Crippen LogP contribution in [0.15, 0.2) is 24.3 Å². The van der Waals surface area contributed by atoms with Gasteiger partial charge >= 0.3 is 0 Å². The molecule has 0 saturated carbocycles. The number of carbonyl (C=O) groups excluding carboxylic acids is 3. The number of nitrogens with zero attached hydrogens (tertiary/aromatic N) is 1. The highest BCUT2D eigenvalue weighted by atomic mass is 32.1. The molecular formula is C27H43N5O4S. The third-order valence-electron chi connectivity index (χ3n) is 7.08. The van der Waals surface area contributed by atoms with Crippen LogP contribution in [0.5, 0.6) is 5.75 Å². The summed E-state index contributed by atoms with van der Waals surface area (Å²) >= 11 is 4.27. The first kappa shape index (κ1) is 30.7. The fourth-order valence-corrected chi connectivity index (χ4v) is 5.04. The summed E-state index contributed by atoms with van der Waals surface area (Å²) in [5.41, 5.74) is 7.01. The Hall–Kier alpha value is -2.56. The van der Waals surface area contributed by atoms with Gasteiger partial charge in [0.2, 0.25) is 17.7 Å². The second-order valence-corrected chi connectivity index (χ2v) is 9.98. The second-order valence-electron chi connectivity index (χ2n) is 9.51. The molecule has 0 radical (unpaired) electrons. The molecule has 3 amide bonds. The number of thiocarbonyl (C=S) groups is 1. The lowest BCUT2D eigenvalue weighted by molar-refractivity contribution is -0.143. The quantitative estimate of drug-likeness (QED) is 0.337. The summed E-state index contributed by atoms with van der Waals surface area (Å²) in [5, 5.41) is 10.6. The van der Waals surface area contributed by atoms with Gasteiger partial charge in [-0.2, -0.15) is 0 Å². The first-order chi connectivity index (χ1) is 17.8. The predicted octanol–water partition coefficient (Wildman–Crippen LogP) is 1.57. The van der Waals surface area contributed by atoms with Crippen molar-refractivity contribution in [3.63, 3.8) is 0 Å². The number of fused-ring (bicyclic) bond motifs is 1. The molecule has 206 valence electrons. The van der Waals surface area contributed by atoms with Crippen molar-refractivity contribution >= 4 is 35.3 Å². The monoisotopic (exact) mass is 533 g/mol. The van der Waals surface area contributed by atoms with Crippen molar-refractivity contribution in [1.82, 2.24) is 20.9 Å². The Labute approximate surface area is 226 Å². The van der Waals surface area contributed by atoms with Crippen LogP contribution in [0.3, 0.4) is 0 Å². The molecule has 0 bridgehead atoms. The molecule has 2 heterocycles. The minimum atomic E-state index is -0.685. The number of methoxy groups -OCH3 is 1. The maximum atomic E-state index is 13.7. The van der Waals surface area contributed by atoms with Crippen LogP contribution in [0.1, 0.15) is 51.5 Å². The Morgan fingerprint density at radius 1 is 1.22 bits per heavy atom. The highest BCUT2D eigenvalue weighted by Gasteiger charge is 2.47. The van der Waals surface area contributed by atoms with Gasteiger partial charge in [0.25, 0.3) is 0 Å². The number of rotatable bonds is 10. The minimum Gasteiger partial charge on any atom is -0.497 e. The topological polar surface area (TPSA) is 126 Å². The molecule has 0 aromatic heterocycles. The summed E-state index contributed by atoms with van der Waals surface area (Å²) < 4.78 is 5.18. The van der Waals surface area contributed by atoms with Crippen molar-refractivity contribution < 1.29 is 19.1 Å². The van der Waals surface area contributed by atoms with Crippen molar-refractivity contribution in [2.45, 2.75) is 76.5 Å². The average Bonchev–Trinajstić information content (AvgIpc) is 3.28. The maximum absolute atomic E-state index is 13.7. The summed E-state index contributed by atoms with van der Waals surface area (Å²) in [6, 6.07) is 5.92. The molecule has 5 atom stereocenters. The van der Waals surface area contributed by atoms with Crippen molar-refractivity contribution in [2.75, 3.05) is 27.2 Å². The van der Waals surface area contributed by atoms with Gasteiger partial charge in [-0.15, -0.1) is 0 Å². The zero-order valence-electron chi connectivity index (χ0n) is 22.5. The Morgan fingerprint density at radius 2 is 1.86 bits per heavy atom. The van der Waals surface area contributed by atoms with E-state index < -0.39 is 18.1 Å². The molecule has 2 saturated heterocycles. The molecule has 10 heteroatoms. The second kappa shape index (κ2) is 15.6. The minimum absolute atomic E-state index is 0.0194. The van der Waals surface area contributed by atoms with Crippen molar-refractivity contribution in [1.29, 1.82) is 0 Å². The summed E-state index contributed by atoms with van der Waals surface area (Å²) in [4.78, 5) is 41.1. The molecular weight excluding hydrogens is 490 g/mol. The van der Waals surface area contributed by atoms with E-state index in [2.05, 4.69) is 28.2 Å². The number of benzene rings is 1. The van der Waals surface area contributed by atoms with E-state index in [0.29, 0.717) is 32.4 Å². The molecule has 2 fully saturated rings. The lowest BCUT2D eigenvalue weighted by Crippen LogP contribution is -2.58. The number of hydrogen-bond donors (Lipinski definition) is 4. The highest BCUT2D eigenvalue weighted by molar-refractivity contribution is 7.78. The van der Waals surface area contributed by atoms with Gasteiger partial charge in [-0.3, -0.25) is 14.4 Å². The van der Waals surface area contributed by atoms with E-state index in [1.807, 2.05) is 45.2 Å². The Bertz CT molecular complexity index is 897. The lowest BCUT2D eigenvalue weighted by Gasteiger charge is -2.32. The van der Waals surface area contributed by atoms with Crippen molar-refractivity contribution in [3.05, 3.63) is 29.8 Å². The molecule has 9 nitrogen and oxygen atoms in total. The van der Waals surface area contributed by atoms with Gasteiger partial charge in [0.05, 0.1) is 13.2 Å². The van der Waals surface area contributed by atoms with Crippen molar-refractivity contribution in [2.24, 2.45) is 11.7 Å². The fraction of sp³-hybridized carbons (Fsp3) is 0.630. The average molecular weight is 534 g/mol. The van der Waals surface area contributed by atoms with Gasteiger partial charge in [0.1, 0.15) is 17.8 Å². The van der Waals surface area contributed by atoms with E-state index in [9.17, 15) is 14.4 Å². The standard InChI is InChI=1S/C25H39N5O4.C2H4S/c1-4-20(26)23(31)29-22-17(15-27-2)7-8-18-9-12-21(30(18)25(22)33)24(32)28-14-13-16-5-10-19(34-3)11-6-16;1-2-3/h5-6,10-11,17-18,20-22,27H,4,7-9,12-15,26H2,1-3H3,(H,28,32)(H,29,31);2H,1H3/t17?,18?,20-,21?,22?;/m0./s1. The molecule has 1 aromatic rings. The molecule has 37 heavy (non-hydrogen) atoms. The van der Waals surface area contributed by atoms with Gasteiger partial charge in [0, 0.05) is 25.0 Å².